The lowest BCUT2D eigenvalue weighted by Crippen LogP contribution is -2.50. The number of carbonyl (C=O) groups is 2. The normalized spacial score (nSPS) is 13.5. The van der Waals surface area contributed by atoms with E-state index in [9.17, 15) is 9.59 Å². The number of aromatic nitrogens is 3. The number of esters is 1. The predicted molar refractivity (Wildman–Crippen MR) is 176 cm³/mol. The van der Waals surface area contributed by atoms with Gasteiger partial charge in [0.25, 0.3) is 0 Å². The number of nitrogens with zero attached hydrogens (tertiary/aromatic N) is 6. The summed E-state index contributed by atoms with van der Waals surface area (Å²) in [5.74, 6) is -0.448. The third-order valence-corrected chi connectivity index (χ3v) is 7.79. The number of anilines is 4. The molecule has 0 unspecified atom stereocenters. The molecular formula is C33H40N8O3. The molecule has 0 saturated carbocycles. The van der Waals surface area contributed by atoms with E-state index in [1.807, 2.05) is 89.3 Å². The van der Waals surface area contributed by atoms with Gasteiger partial charge in [-0.25, -0.2) is 14.8 Å². The summed E-state index contributed by atoms with van der Waals surface area (Å²) in [5, 5.41) is 7.23. The van der Waals surface area contributed by atoms with Gasteiger partial charge >= 0.3 is 5.97 Å². The number of hydrogen-bond donors (Lipinski definition) is 2. The summed E-state index contributed by atoms with van der Waals surface area (Å²) >= 11 is 0. The van der Waals surface area contributed by atoms with E-state index in [0.717, 1.165) is 40.8 Å². The first kappa shape index (κ1) is 30.7. The van der Waals surface area contributed by atoms with Gasteiger partial charge in [-0.15, -0.1) is 0 Å². The number of para-hydroxylation sites is 1. The van der Waals surface area contributed by atoms with Gasteiger partial charge in [-0.05, 0) is 57.9 Å². The van der Waals surface area contributed by atoms with E-state index in [0.29, 0.717) is 41.7 Å². The Morgan fingerprint density at radius 3 is 2.57 bits per heavy atom. The average molecular weight is 597 g/mol. The fraction of sp³-hybridized carbons (Fsp3) is 0.333. The number of amides is 1. The van der Waals surface area contributed by atoms with Crippen LogP contribution in [-0.4, -0.2) is 96.7 Å². The number of benzene rings is 2. The van der Waals surface area contributed by atoms with Gasteiger partial charge in [0.1, 0.15) is 11.7 Å². The zero-order valence-electron chi connectivity index (χ0n) is 26.2. The number of aryl methyl sites for hydroxylation is 2. The monoisotopic (exact) mass is 596 g/mol. The summed E-state index contributed by atoms with van der Waals surface area (Å²) in [5.41, 5.74) is 5.76. The molecule has 11 heteroatoms. The smallest absolute Gasteiger partial charge is 0.342 e. The SMILES string of the molecule is C=CC(=O)Nc1cc(Nc2ncc(C(=O)OC3CN(C)C3)c(-c3cn(C)c4ccccc34)n2)c(C)cc1N(C)CCN(C)C. The molecular weight excluding hydrogens is 556 g/mol. The Morgan fingerprint density at radius 2 is 1.86 bits per heavy atom. The number of carbonyl (C=O) groups excluding carboxylic acids is 2. The molecule has 1 aliphatic heterocycles. The highest BCUT2D eigenvalue weighted by Crippen LogP contribution is 2.35. The van der Waals surface area contributed by atoms with E-state index in [-0.39, 0.29) is 12.0 Å². The van der Waals surface area contributed by atoms with Crippen molar-refractivity contribution in [2.45, 2.75) is 13.0 Å². The molecule has 4 aromatic rings. The molecule has 1 fully saturated rings. The first-order chi connectivity index (χ1) is 21.0. The molecule has 1 amide bonds. The largest absolute Gasteiger partial charge is 0.456 e. The van der Waals surface area contributed by atoms with Crippen molar-refractivity contribution in [3.05, 3.63) is 72.6 Å². The number of nitrogens with one attached hydrogen (secondary N) is 2. The Balaban J connectivity index is 1.54. The van der Waals surface area contributed by atoms with Gasteiger partial charge in [0.2, 0.25) is 11.9 Å². The van der Waals surface area contributed by atoms with Crippen molar-refractivity contribution < 1.29 is 14.3 Å². The number of rotatable bonds is 11. The lowest BCUT2D eigenvalue weighted by Gasteiger charge is -2.35. The van der Waals surface area contributed by atoms with Crippen molar-refractivity contribution in [1.82, 2.24) is 24.3 Å². The summed E-state index contributed by atoms with van der Waals surface area (Å²) in [6, 6.07) is 11.9. The van der Waals surface area contributed by atoms with Gasteiger partial charge in [-0.3, -0.25) is 9.69 Å². The maximum Gasteiger partial charge on any atom is 0.342 e. The molecule has 0 bridgehead atoms. The maximum atomic E-state index is 13.4. The molecule has 230 valence electrons. The lowest BCUT2D eigenvalue weighted by atomic mass is 10.1. The topological polar surface area (TPSA) is 108 Å². The maximum absolute atomic E-state index is 13.4. The van der Waals surface area contributed by atoms with Crippen molar-refractivity contribution in [2.75, 3.05) is 69.9 Å². The zero-order valence-corrected chi connectivity index (χ0v) is 26.2. The van der Waals surface area contributed by atoms with E-state index in [4.69, 9.17) is 9.72 Å². The quantitative estimate of drug-likeness (QED) is 0.194. The minimum atomic E-state index is -0.451. The molecule has 2 aromatic heterocycles. The van der Waals surface area contributed by atoms with E-state index in [1.165, 1.54) is 12.3 Å². The van der Waals surface area contributed by atoms with E-state index in [2.05, 4.69) is 36.9 Å². The molecule has 1 aliphatic rings. The highest BCUT2D eigenvalue weighted by atomic mass is 16.5. The highest BCUT2D eigenvalue weighted by molar-refractivity contribution is 6.03. The fourth-order valence-electron chi connectivity index (χ4n) is 5.28. The molecule has 0 aliphatic carbocycles. The summed E-state index contributed by atoms with van der Waals surface area (Å²) in [6.45, 7) is 8.59. The van der Waals surface area contributed by atoms with Crippen LogP contribution in [0.15, 0.2) is 61.4 Å². The number of fused-ring (bicyclic) bond motifs is 1. The van der Waals surface area contributed by atoms with Gasteiger partial charge in [0.15, 0.2) is 0 Å². The third-order valence-electron chi connectivity index (χ3n) is 7.79. The zero-order chi connectivity index (χ0) is 31.5. The van der Waals surface area contributed by atoms with Crippen LogP contribution < -0.4 is 15.5 Å². The van der Waals surface area contributed by atoms with Crippen LogP contribution in [0.3, 0.4) is 0 Å². The van der Waals surface area contributed by atoms with Crippen molar-refractivity contribution in [3.63, 3.8) is 0 Å². The summed E-state index contributed by atoms with van der Waals surface area (Å²) in [4.78, 5) is 41.4. The van der Waals surface area contributed by atoms with Crippen molar-refractivity contribution in [3.8, 4) is 11.3 Å². The van der Waals surface area contributed by atoms with Crippen LogP contribution in [0.25, 0.3) is 22.2 Å². The second-order valence-electron chi connectivity index (χ2n) is 11.6. The van der Waals surface area contributed by atoms with Crippen LogP contribution in [-0.2, 0) is 16.6 Å². The Bertz CT molecular complexity index is 1710. The Kier molecular flexibility index (Phi) is 8.98. The van der Waals surface area contributed by atoms with Gasteiger partial charge in [0, 0.05) is 74.8 Å². The molecule has 0 atom stereocenters. The number of likely N-dealkylation sites (tertiary alicyclic amines) is 1. The van der Waals surface area contributed by atoms with Crippen LogP contribution in [0.5, 0.6) is 0 Å². The highest BCUT2D eigenvalue weighted by Gasteiger charge is 2.29. The molecule has 5 rings (SSSR count). The molecule has 44 heavy (non-hydrogen) atoms. The second kappa shape index (κ2) is 12.9. The first-order valence-electron chi connectivity index (χ1n) is 14.6. The minimum Gasteiger partial charge on any atom is -0.456 e. The number of likely N-dealkylation sites (N-methyl/N-ethyl adjacent to an activating group) is 3. The van der Waals surface area contributed by atoms with Gasteiger partial charge in [0.05, 0.1) is 17.1 Å². The van der Waals surface area contributed by atoms with E-state index >= 15 is 0 Å². The fourth-order valence-corrected chi connectivity index (χ4v) is 5.28. The standard InChI is InChI=1S/C33H40N8O3/c1-8-30(42)35-27-16-26(21(2)15-29(27)40(6)14-13-38(3)4)36-33-34-17-24(32(43)44-22-18-39(5)19-22)31(37-33)25-20-41(7)28-12-10-9-11-23(25)28/h8-12,15-17,20,22H,1,13-14,18-19H2,2-7H3,(H,35,42)(H,34,36,37). The van der Waals surface area contributed by atoms with E-state index < -0.39 is 5.97 Å². The first-order valence-corrected chi connectivity index (χ1v) is 14.6. The van der Waals surface area contributed by atoms with Crippen LogP contribution in [0.4, 0.5) is 23.0 Å². The molecule has 1 saturated heterocycles. The van der Waals surface area contributed by atoms with Crippen molar-refractivity contribution in [1.29, 1.82) is 0 Å². The van der Waals surface area contributed by atoms with Gasteiger partial charge < -0.3 is 29.7 Å². The lowest BCUT2D eigenvalue weighted by molar-refractivity contribution is -0.111. The number of hydrogen-bond acceptors (Lipinski definition) is 9. The predicted octanol–water partition coefficient (Wildman–Crippen LogP) is 4.28. The summed E-state index contributed by atoms with van der Waals surface area (Å²) < 4.78 is 7.80. The second-order valence-corrected chi connectivity index (χ2v) is 11.6. The molecule has 2 aromatic carbocycles. The Labute approximate surface area is 258 Å². The van der Waals surface area contributed by atoms with Gasteiger partial charge in [-0.1, -0.05) is 24.8 Å². The van der Waals surface area contributed by atoms with E-state index in [1.54, 1.807) is 0 Å². The number of ether oxygens (including phenoxy) is 1. The molecule has 2 N–H and O–H groups in total. The molecule has 11 nitrogen and oxygen atoms in total. The summed E-state index contributed by atoms with van der Waals surface area (Å²) in [7, 11) is 9.99. The minimum absolute atomic E-state index is 0.160. The molecule has 0 radical (unpaired) electrons. The Hall–Kier alpha value is -4.74. The van der Waals surface area contributed by atoms with Crippen LogP contribution >= 0.6 is 0 Å². The van der Waals surface area contributed by atoms with Gasteiger partial charge in [-0.2, -0.15) is 0 Å². The van der Waals surface area contributed by atoms with Crippen LogP contribution in [0, 0.1) is 6.92 Å². The van der Waals surface area contributed by atoms with Crippen LogP contribution in [0.2, 0.25) is 0 Å². The summed E-state index contributed by atoms with van der Waals surface area (Å²) in [6.07, 6.45) is 4.58. The van der Waals surface area contributed by atoms with Crippen molar-refractivity contribution in [2.24, 2.45) is 7.05 Å². The molecule has 3 heterocycles. The average Bonchev–Trinajstić information content (AvgIpc) is 3.32. The third kappa shape index (κ3) is 6.58. The van der Waals surface area contributed by atoms with Crippen molar-refractivity contribution >= 4 is 45.8 Å². The van der Waals surface area contributed by atoms with Crippen LogP contribution in [0.1, 0.15) is 15.9 Å². The Morgan fingerprint density at radius 1 is 1.11 bits per heavy atom. The molecule has 0 spiro atoms.